The third-order valence-electron chi connectivity index (χ3n) is 3.48. The summed E-state index contributed by atoms with van der Waals surface area (Å²) in [5.74, 6) is -0.140. The third kappa shape index (κ3) is 3.65. The largest absolute Gasteiger partial charge is 0.395 e. The molecule has 0 aromatic carbocycles. The van der Waals surface area contributed by atoms with Crippen LogP contribution in [0.2, 0.25) is 0 Å². The zero-order chi connectivity index (χ0) is 13.9. The van der Waals surface area contributed by atoms with E-state index in [0.29, 0.717) is 26.1 Å². The first-order chi connectivity index (χ1) is 9.03. The van der Waals surface area contributed by atoms with Crippen LogP contribution in [0.3, 0.4) is 0 Å². The van der Waals surface area contributed by atoms with Gasteiger partial charge in [-0.15, -0.1) is 0 Å². The van der Waals surface area contributed by atoms with E-state index in [9.17, 15) is 13.2 Å². The molecule has 2 saturated heterocycles. The Morgan fingerprint density at radius 1 is 1.47 bits per heavy atom. The average Bonchev–Trinajstić information content (AvgIpc) is 2.76. The molecule has 2 N–H and O–H groups in total. The standard InChI is InChI=1S/C11H20N2O5S/c14-4-3-13(9-1-6-19(16,17)8-9)11(15)10-7-12-2-5-18-10/h9-10,12,14H,1-8H2. The fourth-order valence-corrected chi connectivity index (χ4v) is 4.24. The van der Waals surface area contributed by atoms with Crippen molar-refractivity contribution in [3.05, 3.63) is 0 Å². The lowest BCUT2D eigenvalue weighted by atomic mass is 10.1. The minimum Gasteiger partial charge on any atom is -0.395 e. The van der Waals surface area contributed by atoms with Crippen molar-refractivity contribution in [2.75, 3.05) is 44.4 Å². The van der Waals surface area contributed by atoms with Crippen molar-refractivity contribution in [1.29, 1.82) is 0 Å². The van der Waals surface area contributed by atoms with E-state index in [4.69, 9.17) is 9.84 Å². The summed E-state index contributed by atoms with van der Waals surface area (Å²) in [7, 11) is -3.06. The summed E-state index contributed by atoms with van der Waals surface area (Å²) in [5.41, 5.74) is 0. The number of aliphatic hydroxyl groups is 1. The van der Waals surface area contributed by atoms with Gasteiger partial charge < -0.3 is 20.1 Å². The number of nitrogens with zero attached hydrogens (tertiary/aromatic N) is 1. The first kappa shape index (κ1) is 14.7. The molecule has 110 valence electrons. The zero-order valence-electron chi connectivity index (χ0n) is 10.7. The van der Waals surface area contributed by atoms with Gasteiger partial charge in [0.1, 0.15) is 6.10 Å². The molecule has 0 radical (unpaired) electrons. The van der Waals surface area contributed by atoms with Crippen molar-refractivity contribution in [2.45, 2.75) is 18.6 Å². The number of sulfone groups is 1. The molecule has 0 spiro atoms. The summed E-state index contributed by atoms with van der Waals surface area (Å²) in [6, 6.07) is -0.338. The van der Waals surface area contributed by atoms with E-state index < -0.39 is 15.9 Å². The van der Waals surface area contributed by atoms with Crippen LogP contribution in [-0.4, -0.2) is 80.8 Å². The second kappa shape index (κ2) is 6.17. The van der Waals surface area contributed by atoms with Crippen molar-refractivity contribution >= 4 is 15.7 Å². The lowest BCUT2D eigenvalue weighted by Gasteiger charge is -2.32. The van der Waals surface area contributed by atoms with E-state index in [1.165, 1.54) is 4.90 Å². The highest BCUT2D eigenvalue weighted by Gasteiger charge is 2.37. The molecule has 2 aliphatic rings. The summed E-state index contributed by atoms with van der Waals surface area (Å²) in [4.78, 5) is 13.8. The molecule has 0 aromatic heterocycles. The van der Waals surface area contributed by atoms with Gasteiger partial charge in [0.15, 0.2) is 9.84 Å². The number of rotatable bonds is 4. The van der Waals surface area contributed by atoms with E-state index in [2.05, 4.69) is 5.32 Å². The Labute approximate surface area is 112 Å². The maximum Gasteiger partial charge on any atom is 0.253 e. The topological polar surface area (TPSA) is 95.9 Å². The maximum absolute atomic E-state index is 12.3. The van der Waals surface area contributed by atoms with E-state index in [1.807, 2.05) is 0 Å². The van der Waals surface area contributed by atoms with Crippen molar-refractivity contribution in [3.8, 4) is 0 Å². The first-order valence-corrected chi connectivity index (χ1v) is 8.30. The van der Waals surface area contributed by atoms with Crippen molar-refractivity contribution in [1.82, 2.24) is 10.2 Å². The van der Waals surface area contributed by atoms with Crippen LogP contribution in [0.15, 0.2) is 0 Å². The number of morpholine rings is 1. The van der Waals surface area contributed by atoms with Gasteiger partial charge in [-0.05, 0) is 6.42 Å². The Balaban J connectivity index is 2.04. The normalized spacial score (nSPS) is 30.2. The van der Waals surface area contributed by atoms with Crippen LogP contribution in [0.4, 0.5) is 0 Å². The molecule has 2 fully saturated rings. The molecular formula is C11H20N2O5S. The molecule has 8 heteroatoms. The molecule has 7 nitrogen and oxygen atoms in total. The SMILES string of the molecule is O=C(C1CNCCO1)N(CCO)C1CCS(=O)(=O)C1. The van der Waals surface area contributed by atoms with Gasteiger partial charge in [0.2, 0.25) is 0 Å². The molecule has 2 aliphatic heterocycles. The molecule has 2 heterocycles. The molecule has 0 saturated carbocycles. The van der Waals surface area contributed by atoms with Crippen LogP contribution < -0.4 is 5.32 Å². The number of carbonyl (C=O) groups is 1. The summed E-state index contributed by atoms with van der Waals surface area (Å²) in [5, 5.41) is 12.1. The lowest BCUT2D eigenvalue weighted by molar-refractivity contribution is -0.147. The van der Waals surface area contributed by atoms with Gasteiger partial charge >= 0.3 is 0 Å². The number of nitrogens with one attached hydrogen (secondary N) is 1. The van der Waals surface area contributed by atoms with E-state index in [1.54, 1.807) is 0 Å². The van der Waals surface area contributed by atoms with Gasteiger partial charge in [-0.1, -0.05) is 0 Å². The van der Waals surface area contributed by atoms with Crippen molar-refractivity contribution in [2.24, 2.45) is 0 Å². The zero-order valence-corrected chi connectivity index (χ0v) is 11.6. The molecule has 0 bridgehead atoms. The Morgan fingerprint density at radius 3 is 2.79 bits per heavy atom. The molecule has 1 amide bonds. The van der Waals surface area contributed by atoms with Gasteiger partial charge in [0.25, 0.3) is 5.91 Å². The molecule has 0 aromatic rings. The molecule has 2 atom stereocenters. The Kier molecular flexibility index (Phi) is 4.77. The monoisotopic (exact) mass is 292 g/mol. The first-order valence-electron chi connectivity index (χ1n) is 6.47. The Bertz CT molecular complexity index is 419. The quantitative estimate of drug-likeness (QED) is 0.621. The highest BCUT2D eigenvalue weighted by atomic mass is 32.2. The highest BCUT2D eigenvalue weighted by Crippen LogP contribution is 2.19. The highest BCUT2D eigenvalue weighted by molar-refractivity contribution is 7.91. The summed E-state index contributed by atoms with van der Waals surface area (Å²) < 4.78 is 28.4. The lowest BCUT2D eigenvalue weighted by Crippen LogP contribution is -2.53. The molecule has 2 rings (SSSR count). The minimum atomic E-state index is -3.06. The predicted octanol–water partition coefficient (Wildman–Crippen LogP) is -2.02. The van der Waals surface area contributed by atoms with E-state index >= 15 is 0 Å². The van der Waals surface area contributed by atoms with Gasteiger partial charge in [0, 0.05) is 25.7 Å². The Morgan fingerprint density at radius 2 is 2.26 bits per heavy atom. The molecule has 0 aliphatic carbocycles. The van der Waals surface area contributed by atoms with E-state index in [0.717, 1.165) is 0 Å². The van der Waals surface area contributed by atoms with Crippen LogP contribution in [0.25, 0.3) is 0 Å². The second-order valence-corrected chi connectivity index (χ2v) is 7.10. The van der Waals surface area contributed by atoms with Gasteiger partial charge in [-0.2, -0.15) is 0 Å². The van der Waals surface area contributed by atoms with E-state index in [-0.39, 0.29) is 36.6 Å². The second-order valence-electron chi connectivity index (χ2n) is 4.88. The van der Waals surface area contributed by atoms with Gasteiger partial charge in [-0.3, -0.25) is 4.79 Å². The number of ether oxygens (including phenoxy) is 1. The minimum absolute atomic E-state index is 0.0150. The van der Waals surface area contributed by atoms with Gasteiger partial charge in [0.05, 0.1) is 24.7 Å². The van der Waals surface area contributed by atoms with Crippen LogP contribution in [0.1, 0.15) is 6.42 Å². The van der Waals surface area contributed by atoms with Crippen LogP contribution in [0, 0.1) is 0 Å². The molecule has 2 unspecified atom stereocenters. The number of carbonyl (C=O) groups excluding carboxylic acids is 1. The fraction of sp³-hybridized carbons (Fsp3) is 0.909. The Hall–Kier alpha value is -0.700. The number of amides is 1. The van der Waals surface area contributed by atoms with Crippen molar-refractivity contribution in [3.63, 3.8) is 0 Å². The summed E-state index contributed by atoms with van der Waals surface area (Å²) in [6.07, 6.45) is -0.141. The van der Waals surface area contributed by atoms with Gasteiger partial charge in [-0.25, -0.2) is 8.42 Å². The van der Waals surface area contributed by atoms with Crippen molar-refractivity contribution < 1.29 is 23.1 Å². The van der Waals surface area contributed by atoms with Crippen LogP contribution in [-0.2, 0) is 19.4 Å². The summed E-state index contributed by atoms with van der Waals surface area (Å²) in [6.45, 7) is 1.58. The average molecular weight is 292 g/mol. The predicted molar refractivity (Wildman–Crippen MR) is 68.5 cm³/mol. The number of aliphatic hydroxyl groups excluding tert-OH is 1. The number of hydrogen-bond donors (Lipinski definition) is 2. The molecular weight excluding hydrogens is 272 g/mol. The smallest absolute Gasteiger partial charge is 0.253 e. The van der Waals surface area contributed by atoms with Crippen LogP contribution in [0.5, 0.6) is 0 Å². The fourth-order valence-electron chi connectivity index (χ4n) is 2.51. The third-order valence-corrected chi connectivity index (χ3v) is 5.23. The summed E-state index contributed by atoms with van der Waals surface area (Å²) >= 11 is 0. The maximum atomic E-state index is 12.3. The number of hydrogen-bond acceptors (Lipinski definition) is 6. The molecule has 19 heavy (non-hydrogen) atoms. The van der Waals surface area contributed by atoms with Crippen LogP contribution >= 0.6 is 0 Å².